The van der Waals surface area contributed by atoms with Crippen molar-refractivity contribution in [3.8, 4) is 0 Å². The molecule has 0 bridgehead atoms. The molecule has 1 N–H and O–H groups in total. The first-order chi connectivity index (χ1) is 7.88. The Morgan fingerprint density at radius 3 is 3.06 bits per heavy atom. The predicted molar refractivity (Wildman–Crippen MR) is 70.7 cm³/mol. The molecule has 86 valence electrons. The zero-order chi connectivity index (χ0) is 11.0. The third-order valence-corrected chi connectivity index (χ3v) is 4.92. The van der Waals surface area contributed by atoms with E-state index in [1.165, 1.54) is 29.9 Å². The zero-order valence-electron chi connectivity index (χ0n) is 9.78. The van der Waals surface area contributed by atoms with Gasteiger partial charge in [0, 0.05) is 23.6 Å². The summed E-state index contributed by atoms with van der Waals surface area (Å²) in [5.74, 6) is 3.37. The maximum Gasteiger partial charge on any atom is 0.0417 e. The smallest absolute Gasteiger partial charge is 0.0417 e. The van der Waals surface area contributed by atoms with Crippen molar-refractivity contribution in [2.75, 3.05) is 5.75 Å². The fourth-order valence-electron chi connectivity index (χ4n) is 2.68. The first-order valence-electron chi connectivity index (χ1n) is 6.30. The van der Waals surface area contributed by atoms with Crippen LogP contribution in [0.3, 0.4) is 0 Å². The van der Waals surface area contributed by atoms with Crippen LogP contribution in [0.5, 0.6) is 0 Å². The number of nitrogens with one attached hydrogen (secondary N) is 1. The van der Waals surface area contributed by atoms with E-state index in [1.807, 2.05) is 0 Å². The molecular formula is C14H19NS. The molecule has 3 atom stereocenters. The standard InChI is InChI=1S/C14H19NS/c1-2-10-7-13(10)15-14-9-16-8-11-5-3-4-6-12(11)14/h3-6,10,13-15H,2,7-9H2,1H3. The van der Waals surface area contributed by atoms with Gasteiger partial charge in [0.2, 0.25) is 0 Å². The summed E-state index contributed by atoms with van der Waals surface area (Å²) in [7, 11) is 0. The van der Waals surface area contributed by atoms with E-state index in [-0.39, 0.29) is 0 Å². The molecule has 1 nitrogen and oxygen atoms in total. The second kappa shape index (κ2) is 4.42. The van der Waals surface area contributed by atoms with E-state index < -0.39 is 0 Å². The summed E-state index contributed by atoms with van der Waals surface area (Å²) in [4.78, 5) is 0. The van der Waals surface area contributed by atoms with Gasteiger partial charge in [-0.1, -0.05) is 37.6 Å². The first-order valence-corrected chi connectivity index (χ1v) is 7.45. The molecule has 2 heteroatoms. The van der Waals surface area contributed by atoms with E-state index in [1.54, 1.807) is 5.56 Å². The average molecular weight is 233 g/mol. The van der Waals surface area contributed by atoms with Crippen molar-refractivity contribution in [2.24, 2.45) is 5.92 Å². The molecule has 1 aromatic carbocycles. The van der Waals surface area contributed by atoms with Gasteiger partial charge in [0.05, 0.1) is 0 Å². The Morgan fingerprint density at radius 2 is 2.25 bits per heavy atom. The van der Waals surface area contributed by atoms with Gasteiger partial charge in [0.15, 0.2) is 0 Å². The Labute approximate surface area is 102 Å². The lowest BCUT2D eigenvalue weighted by atomic mass is 10.0. The molecular weight excluding hydrogens is 214 g/mol. The topological polar surface area (TPSA) is 12.0 Å². The van der Waals surface area contributed by atoms with Gasteiger partial charge in [-0.15, -0.1) is 0 Å². The van der Waals surface area contributed by atoms with Gasteiger partial charge >= 0.3 is 0 Å². The quantitative estimate of drug-likeness (QED) is 0.859. The van der Waals surface area contributed by atoms with E-state index in [0.29, 0.717) is 6.04 Å². The van der Waals surface area contributed by atoms with Crippen molar-refractivity contribution >= 4 is 11.8 Å². The van der Waals surface area contributed by atoms with Crippen molar-refractivity contribution in [3.63, 3.8) is 0 Å². The zero-order valence-corrected chi connectivity index (χ0v) is 10.6. The Bertz CT molecular complexity index is 377. The predicted octanol–water partition coefficient (Wildman–Crippen LogP) is 3.36. The van der Waals surface area contributed by atoms with Crippen LogP contribution in [0.25, 0.3) is 0 Å². The minimum atomic E-state index is 0.594. The van der Waals surface area contributed by atoms with E-state index >= 15 is 0 Å². The highest BCUT2D eigenvalue weighted by atomic mass is 32.2. The number of thioether (sulfide) groups is 1. The third-order valence-electron chi connectivity index (χ3n) is 3.83. The van der Waals surface area contributed by atoms with Crippen molar-refractivity contribution in [1.29, 1.82) is 0 Å². The van der Waals surface area contributed by atoms with Crippen LogP contribution in [0.1, 0.15) is 36.9 Å². The second-order valence-electron chi connectivity index (χ2n) is 4.94. The summed E-state index contributed by atoms with van der Waals surface area (Å²) in [6, 6.07) is 10.3. The molecule has 1 saturated carbocycles. The lowest BCUT2D eigenvalue weighted by Crippen LogP contribution is -2.29. The Morgan fingerprint density at radius 1 is 1.38 bits per heavy atom. The fraction of sp³-hybridized carbons (Fsp3) is 0.571. The van der Waals surface area contributed by atoms with Crippen molar-refractivity contribution in [2.45, 2.75) is 37.6 Å². The van der Waals surface area contributed by atoms with E-state index in [0.717, 1.165) is 12.0 Å². The van der Waals surface area contributed by atoms with Crippen molar-refractivity contribution in [1.82, 2.24) is 5.32 Å². The van der Waals surface area contributed by atoms with Crippen molar-refractivity contribution in [3.05, 3.63) is 35.4 Å². The number of rotatable bonds is 3. The summed E-state index contributed by atoms with van der Waals surface area (Å²) in [5, 5.41) is 3.83. The molecule has 0 spiro atoms. The van der Waals surface area contributed by atoms with Crippen LogP contribution in [-0.2, 0) is 5.75 Å². The monoisotopic (exact) mass is 233 g/mol. The highest BCUT2D eigenvalue weighted by molar-refractivity contribution is 7.98. The maximum absolute atomic E-state index is 3.83. The molecule has 1 heterocycles. The molecule has 1 fully saturated rings. The fourth-order valence-corrected chi connectivity index (χ4v) is 3.79. The lowest BCUT2D eigenvalue weighted by molar-refractivity contribution is 0.540. The highest BCUT2D eigenvalue weighted by Crippen LogP contribution is 2.38. The molecule has 2 aliphatic rings. The highest BCUT2D eigenvalue weighted by Gasteiger charge is 2.37. The van der Waals surface area contributed by atoms with Crippen molar-refractivity contribution < 1.29 is 0 Å². The summed E-state index contributed by atoms with van der Waals surface area (Å²) in [6.07, 6.45) is 2.72. The summed E-state index contributed by atoms with van der Waals surface area (Å²) >= 11 is 2.06. The molecule has 1 aliphatic carbocycles. The van der Waals surface area contributed by atoms with Crippen LogP contribution in [0.2, 0.25) is 0 Å². The number of hydrogen-bond acceptors (Lipinski definition) is 2. The summed E-state index contributed by atoms with van der Waals surface area (Å²) in [6.45, 7) is 2.30. The lowest BCUT2D eigenvalue weighted by Gasteiger charge is -2.26. The number of hydrogen-bond donors (Lipinski definition) is 1. The Kier molecular flexibility index (Phi) is 2.95. The van der Waals surface area contributed by atoms with Crippen LogP contribution in [-0.4, -0.2) is 11.8 Å². The van der Waals surface area contributed by atoms with Gasteiger partial charge in [0.1, 0.15) is 0 Å². The third kappa shape index (κ3) is 2.01. The SMILES string of the molecule is CCC1CC1NC1CSCc2ccccc21. The first kappa shape index (κ1) is 10.7. The molecule has 3 rings (SSSR count). The Balaban J connectivity index is 1.73. The van der Waals surface area contributed by atoms with Crippen LogP contribution in [0.15, 0.2) is 24.3 Å². The van der Waals surface area contributed by atoms with Gasteiger partial charge in [0.25, 0.3) is 0 Å². The summed E-state index contributed by atoms with van der Waals surface area (Å²) in [5.41, 5.74) is 3.08. The molecule has 16 heavy (non-hydrogen) atoms. The van der Waals surface area contributed by atoms with Crippen LogP contribution < -0.4 is 5.32 Å². The molecule has 0 saturated heterocycles. The minimum Gasteiger partial charge on any atom is -0.306 e. The van der Waals surface area contributed by atoms with Gasteiger partial charge in [-0.25, -0.2) is 0 Å². The van der Waals surface area contributed by atoms with E-state index in [4.69, 9.17) is 0 Å². The minimum absolute atomic E-state index is 0.594. The molecule has 3 unspecified atom stereocenters. The van der Waals surface area contributed by atoms with Crippen LogP contribution in [0.4, 0.5) is 0 Å². The van der Waals surface area contributed by atoms with Crippen LogP contribution >= 0.6 is 11.8 Å². The maximum atomic E-state index is 3.83. The Hall–Kier alpha value is -0.470. The van der Waals surface area contributed by atoms with Gasteiger partial charge in [-0.3, -0.25) is 0 Å². The molecule has 1 aromatic rings. The molecule has 0 radical (unpaired) electrons. The van der Waals surface area contributed by atoms with E-state index in [2.05, 4.69) is 48.3 Å². The molecule has 1 aliphatic heterocycles. The normalized spacial score (nSPS) is 32.2. The largest absolute Gasteiger partial charge is 0.306 e. The van der Waals surface area contributed by atoms with E-state index in [9.17, 15) is 0 Å². The molecule has 0 amide bonds. The molecule has 0 aromatic heterocycles. The second-order valence-corrected chi connectivity index (χ2v) is 5.97. The van der Waals surface area contributed by atoms with Gasteiger partial charge < -0.3 is 5.32 Å². The number of benzene rings is 1. The number of fused-ring (bicyclic) bond motifs is 1. The van der Waals surface area contributed by atoms with Crippen LogP contribution in [0, 0.1) is 5.92 Å². The summed E-state index contributed by atoms with van der Waals surface area (Å²) < 4.78 is 0. The van der Waals surface area contributed by atoms with Gasteiger partial charge in [-0.2, -0.15) is 11.8 Å². The average Bonchev–Trinajstić information content (AvgIpc) is 3.08. The van der Waals surface area contributed by atoms with Gasteiger partial charge in [-0.05, 0) is 23.5 Å².